The molecule has 48 heavy (non-hydrogen) atoms. The van der Waals surface area contributed by atoms with Crippen LogP contribution in [0.25, 0.3) is 5.69 Å². The normalized spacial score (nSPS) is 11.4. The number of ether oxygens (including phenoxy) is 1. The molecule has 0 atom stereocenters. The summed E-state index contributed by atoms with van der Waals surface area (Å²) in [6, 6.07) is 16.8. The number of tetrazole rings is 1. The molecule has 5 aromatic rings. The first-order chi connectivity index (χ1) is 22.8. The van der Waals surface area contributed by atoms with Crippen LogP contribution in [-0.2, 0) is 19.3 Å². The van der Waals surface area contributed by atoms with Crippen molar-refractivity contribution in [1.29, 1.82) is 0 Å². The molecule has 0 aliphatic heterocycles. The molecule has 3 N–H and O–H groups in total. The number of benzene rings is 3. The summed E-state index contributed by atoms with van der Waals surface area (Å²) in [6.07, 6.45) is -4.80. The Kier molecular flexibility index (Phi) is 9.88. The minimum Gasteiger partial charge on any atom is -0.435 e. The number of aryl methyl sites for hydroxylation is 1. The number of anilines is 2. The molecule has 2 aromatic heterocycles. The first kappa shape index (κ1) is 33.8. The molecule has 2 amide bonds. The number of halogens is 6. The average Bonchev–Trinajstić information content (AvgIpc) is 3.69. The number of alkyl halides is 5. The number of carbonyl (C=O) groups is 2. The number of nitrogens with one attached hydrogen (secondary N) is 3. The van der Waals surface area contributed by atoms with Crippen LogP contribution in [0.5, 0.6) is 5.75 Å². The summed E-state index contributed by atoms with van der Waals surface area (Å²) >= 11 is 6.40. The number of carbonyl (C=O) groups excluding carboxylic acids is 2. The van der Waals surface area contributed by atoms with Crippen LogP contribution in [0.3, 0.4) is 0 Å². The van der Waals surface area contributed by atoms with E-state index in [9.17, 15) is 31.5 Å². The van der Waals surface area contributed by atoms with E-state index >= 15 is 0 Å². The Bertz CT molecular complexity index is 1950. The van der Waals surface area contributed by atoms with E-state index in [0.717, 1.165) is 0 Å². The summed E-state index contributed by atoms with van der Waals surface area (Å²) in [4.78, 5) is 28.0. The fourth-order valence-electron chi connectivity index (χ4n) is 4.57. The largest absolute Gasteiger partial charge is 0.455 e. The van der Waals surface area contributed by atoms with Gasteiger partial charge in [-0.15, -0.1) is 10.2 Å². The van der Waals surface area contributed by atoms with E-state index in [1.54, 1.807) is 44.3 Å². The van der Waals surface area contributed by atoms with Crippen molar-refractivity contribution in [2.24, 2.45) is 0 Å². The van der Waals surface area contributed by atoms with Gasteiger partial charge in [-0.1, -0.05) is 35.9 Å². The second kappa shape index (κ2) is 14.0. The quantitative estimate of drug-likeness (QED) is 0.150. The zero-order chi connectivity index (χ0) is 34.6. The van der Waals surface area contributed by atoms with Crippen LogP contribution in [0.15, 0.2) is 66.7 Å². The van der Waals surface area contributed by atoms with Crippen molar-refractivity contribution < 1.29 is 36.3 Å². The van der Waals surface area contributed by atoms with E-state index in [1.807, 2.05) is 0 Å². The van der Waals surface area contributed by atoms with Crippen molar-refractivity contribution >= 4 is 34.8 Å². The van der Waals surface area contributed by atoms with E-state index in [-0.39, 0.29) is 46.5 Å². The van der Waals surface area contributed by atoms with Crippen molar-refractivity contribution in [1.82, 2.24) is 35.3 Å². The molecule has 0 aliphatic carbocycles. The zero-order valence-corrected chi connectivity index (χ0v) is 25.8. The standard InChI is InChI=1S/C30H25ClF5N9O3/c1-16-11-18(37-2)12-21(26(46)38-14-17-7-9-20(10-8-17)48-29(32)33)25(16)39-27(47)24-13-19(15-44-42-28(40-43-44)30(34,35)36)41-45(24)23-6-4-3-5-22(23)31/h3-13,29,37H,14-15H2,1-2H3,(H,38,46)(H,39,47). The van der Waals surface area contributed by atoms with Gasteiger partial charge < -0.3 is 20.7 Å². The lowest BCUT2D eigenvalue weighted by Crippen LogP contribution is -2.26. The summed E-state index contributed by atoms with van der Waals surface area (Å²) in [5.41, 5.74) is 2.29. The van der Waals surface area contributed by atoms with Gasteiger partial charge in [-0.3, -0.25) is 9.59 Å². The second-order valence-electron chi connectivity index (χ2n) is 10.2. The van der Waals surface area contributed by atoms with Crippen molar-refractivity contribution in [2.75, 3.05) is 17.7 Å². The molecule has 250 valence electrons. The summed E-state index contributed by atoms with van der Waals surface area (Å²) in [6.45, 7) is -1.63. The molecule has 12 nitrogen and oxygen atoms in total. The van der Waals surface area contributed by atoms with Gasteiger partial charge in [-0.2, -0.15) is 31.8 Å². The molecule has 0 spiro atoms. The van der Waals surface area contributed by atoms with Crippen molar-refractivity contribution in [3.63, 3.8) is 0 Å². The van der Waals surface area contributed by atoms with E-state index in [4.69, 9.17) is 11.6 Å². The minimum atomic E-state index is -4.80. The molecule has 2 heterocycles. The molecule has 18 heteroatoms. The predicted octanol–water partition coefficient (Wildman–Crippen LogP) is 5.71. The van der Waals surface area contributed by atoms with Gasteiger partial charge in [0.15, 0.2) is 0 Å². The Morgan fingerprint density at radius 1 is 1.00 bits per heavy atom. The van der Waals surface area contributed by atoms with E-state index in [1.165, 1.54) is 41.1 Å². The number of aromatic nitrogens is 6. The summed E-state index contributed by atoms with van der Waals surface area (Å²) in [5.74, 6) is -2.75. The van der Waals surface area contributed by atoms with Gasteiger partial charge in [0.1, 0.15) is 18.0 Å². The molecule has 0 unspecified atom stereocenters. The molecule has 0 radical (unpaired) electrons. The van der Waals surface area contributed by atoms with Crippen molar-refractivity contribution in [3.05, 3.63) is 106 Å². The SMILES string of the molecule is CNc1cc(C)c(NC(=O)c2cc(Cn3nnc(C(F)(F)F)n3)nn2-c2ccccc2Cl)c(C(=O)NCc2ccc(OC(F)F)cc2)c1. The summed E-state index contributed by atoms with van der Waals surface area (Å²) in [5, 5.41) is 22.9. The van der Waals surface area contributed by atoms with Gasteiger partial charge in [-0.05, 0) is 65.7 Å². The van der Waals surface area contributed by atoms with Crippen LogP contribution < -0.4 is 20.7 Å². The predicted molar refractivity (Wildman–Crippen MR) is 163 cm³/mol. The maximum absolute atomic E-state index is 13.9. The average molecular weight is 690 g/mol. The van der Waals surface area contributed by atoms with Gasteiger partial charge in [0.2, 0.25) is 0 Å². The Hall–Kier alpha value is -5.58. The fourth-order valence-corrected chi connectivity index (χ4v) is 4.78. The van der Waals surface area contributed by atoms with Gasteiger partial charge >= 0.3 is 12.8 Å². The third-order valence-corrected chi connectivity index (χ3v) is 7.11. The molecule has 0 saturated carbocycles. The second-order valence-corrected chi connectivity index (χ2v) is 10.6. The van der Waals surface area contributed by atoms with Crippen molar-refractivity contribution in [3.8, 4) is 11.4 Å². The molecule has 0 aliphatic rings. The van der Waals surface area contributed by atoms with Crippen LogP contribution in [0.2, 0.25) is 5.02 Å². The summed E-state index contributed by atoms with van der Waals surface area (Å²) in [7, 11) is 1.66. The van der Waals surface area contributed by atoms with Crippen LogP contribution in [-0.4, -0.2) is 55.5 Å². The maximum Gasteiger partial charge on any atom is 0.455 e. The first-order valence-corrected chi connectivity index (χ1v) is 14.3. The third kappa shape index (κ3) is 7.86. The lowest BCUT2D eigenvalue weighted by molar-refractivity contribution is -0.145. The fraction of sp³-hybridized carbons (Fsp3) is 0.200. The van der Waals surface area contributed by atoms with E-state index in [2.05, 4.69) is 41.2 Å². The Balaban J connectivity index is 1.44. The van der Waals surface area contributed by atoms with Gasteiger partial charge in [0, 0.05) is 19.3 Å². The molecular formula is C30H25ClF5N9O3. The highest BCUT2D eigenvalue weighted by atomic mass is 35.5. The van der Waals surface area contributed by atoms with Gasteiger partial charge in [-0.25, -0.2) is 4.68 Å². The first-order valence-electron chi connectivity index (χ1n) is 14.0. The number of amides is 2. The number of rotatable bonds is 11. The maximum atomic E-state index is 13.9. The Labute approximate surface area is 273 Å². The number of hydrogen-bond donors (Lipinski definition) is 3. The molecule has 0 fully saturated rings. The van der Waals surface area contributed by atoms with Crippen molar-refractivity contribution in [2.45, 2.75) is 32.8 Å². The minimum absolute atomic E-state index is 0.0268. The van der Waals surface area contributed by atoms with Crippen LogP contribution in [0.1, 0.15) is 43.5 Å². The Morgan fingerprint density at radius 3 is 2.38 bits per heavy atom. The van der Waals surface area contributed by atoms with E-state index in [0.29, 0.717) is 27.3 Å². The molecular weight excluding hydrogens is 665 g/mol. The highest BCUT2D eigenvalue weighted by Gasteiger charge is 2.37. The summed E-state index contributed by atoms with van der Waals surface area (Å²) < 4.78 is 69.6. The third-order valence-electron chi connectivity index (χ3n) is 6.79. The smallest absolute Gasteiger partial charge is 0.435 e. The highest BCUT2D eigenvalue weighted by molar-refractivity contribution is 6.32. The number of para-hydroxylation sites is 1. The molecule has 0 bridgehead atoms. The lowest BCUT2D eigenvalue weighted by Gasteiger charge is -2.17. The number of hydrogen-bond acceptors (Lipinski definition) is 8. The topological polar surface area (TPSA) is 141 Å². The van der Waals surface area contributed by atoms with Crippen LogP contribution in [0, 0.1) is 6.92 Å². The van der Waals surface area contributed by atoms with Crippen LogP contribution >= 0.6 is 11.6 Å². The van der Waals surface area contributed by atoms with E-state index < -0.39 is 30.4 Å². The zero-order valence-electron chi connectivity index (χ0n) is 25.0. The molecule has 5 rings (SSSR count). The number of nitrogens with zero attached hydrogens (tertiary/aromatic N) is 6. The van der Waals surface area contributed by atoms with Gasteiger partial charge in [0.25, 0.3) is 17.6 Å². The van der Waals surface area contributed by atoms with Gasteiger partial charge in [0.05, 0.1) is 27.7 Å². The molecule has 0 saturated heterocycles. The monoisotopic (exact) mass is 689 g/mol. The highest BCUT2D eigenvalue weighted by Crippen LogP contribution is 2.29. The molecule has 3 aromatic carbocycles. The Morgan fingerprint density at radius 2 is 1.73 bits per heavy atom. The van der Waals surface area contributed by atoms with Crippen LogP contribution in [0.4, 0.5) is 33.3 Å². The lowest BCUT2D eigenvalue weighted by atomic mass is 10.0.